The van der Waals surface area contributed by atoms with Crippen molar-refractivity contribution < 1.29 is 4.42 Å². The average Bonchev–Trinajstić information content (AvgIpc) is 3.09. The van der Waals surface area contributed by atoms with Crippen molar-refractivity contribution in [2.45, 2.75) is 26.2 Å². The van der Waals surface area contributed by atoms with Gasteiger partial charge < -0.3 is 9.32 Å². The highest BCUT2D eigenvalue weighted by Crippen LogP contribution is 2.29. The van der Waals surface area contributed by atoms with E-state index in [1.807, 2.05) is 55.5 Å². The Labute approximate surface area is 156 Å². The van der Waals surface area contributed by atoms with Crippen LogP contribution in [0.4, 0.5) is 5.95 Å². The number of aromatic nitrogens is 2. The normalized spacial score (nSPS) is 14.9. The lowest BCUT2D eigenvalue weighted by Crippen LogP contribution is -2.35. The number of anilines is 1. The highest BCUT2D eigenvalue weighted by atomic mass is 16.3. The second-order valence-electron chi connectivity index (χ2n) is 7.21. The van der Waals surface area contributed by atoms with Crippen molar-refractivity contribution in [3.05, 3.63) is 64.4 Å². The Balaban J connectivity index is 1.84. The van der Waals surface area contributed by atoms with E-state index in [1.165, 1.54) is 6.42 Å². The van der Waals surface area contributed by atoms with Gasteiger partial charge in [0.25, 0.3) is 0 Å². The first-order valence-electron chi connectivity index (χ1n) is 9.49. The molecule has 0 saturated carbocycles. The Morgan fingerprint density at radius 2 is 1.70 bits per heavy atom. The third-order valence-corrected chi connectivity index (χ3v) is 5.31. The fraction of sp³-hybridized carbons (Fsp3) is 0.273. The van der Waals surface area contributed by atoms with Gasteiger partial charge in [0.1, 0.15) is 11.1 Å². The summed E-state index contributed by atoms with van der Waals surface area (Å²) in [4.78, 5) is 20.6. The number of benzene rings is 2. The molecule has 27 heavy (non-hydrogen) atoms. The molecular formula is C22H21N3O2. The predicted molar refractivity (Wildman–Crippen MR) is 108 cm³/mol. The van der Waals surface area contributed by atoms with Crippen molar-refractivity contribution in [2.24, 2.45) is 0 Å². The predicted octanol–water partition coefficient (Wildman–Crippen LogP) is 4.43. The SMILES string of the molecule is Cc1ccc(-n2c(N3CCCCC3)nc3c(oc4ccccc43)c2=O)cc1. The highest BCUT2D eigenvalue weighted by Gasteiger charge is 2.23. The van der Waals surface area contributed by atoms with Crippen LogP contribution in [0.3, 0.4) is 0 Å². The minimum absolute atomic E-state index is 0.152. The first-order chi connectivity index (χ1) is 13.2. The Morgan fingerprint density at radius 1 is 0.963 bits per heavy atom. The van der Waals surface area contributed by atoms with Crippen LogP contribution >= 0.6 is 0 Å². The summed E-state index contributed by atoms with van der Waals surface area (Å²) in [5.74, 6) is 0.711. The zero-order chi connectivity index (χ0) is 18.4. The molecule has 5 heteroatoms. The average molecular weight is 359 g/mol. The zero-order valence-corrected chi connectivity index (χ0v) is 15.3. The molecule has 0 aliphatic carbocycles. The van der Waals surface area contributed by atoms with E-state index in [0.29, 0.717) is 22.6 Å². The van der Waals surface area contributed by atoms with Crippen molar-refractivity contribution in [1.29, 1.82) is 0 Å². The van der Waals surface area contributed by atoms with Crippen LogP contribution in [0.1, 0.15) is 24.8 Å². The molecule has 3 heterocycles. The summed E-state index contributed by atoms with van der Waals surface area (Å²) in [6.07, 6.45) is 3.46. The summed E-state index contributed by atoms with van der Waals surface area (Å²) in [5.41, 5.74) is 3.49. The van der Waals surface area contributed by atoms with E-state index in [2.05, 4.69) is 4.90 Å². The topological polar surface area (TPSA) is 51.3 Å². The van der Waals surface area contributed by atoms with E-state index in [4.69, 9.17) is 9.40 Å². The van der Waals surface area contributed by atoms with Crippen molar-refractivity contribution >= 4 is 28.0 Å². The first-order valence-corrected chi connectivity index (χ1v) is 9.49. The van der Waals surface area contributed by atoms with Gasteiger partial charge >= 0.3 is 5.56 Å². The molecule has 1 saturated heterocycles. The molecule has 0 spiro atoms. The van der Waals surface area contributed by atoms with E-state index in [-0.39, 0.29) is 5.56 Å². The van der Waals surface area contributed by atoms with Crippen LogP contribution in [-0.2, 0) is 0 Å². The summed E-state index contributed by atoms with van der Waals surface area (Å²) >= 11 is 0. The monoisotopic (exact) mass is 359 g/mol. The van der Waals surface area contributed by atoms with Crippen molar-refractivity contribution in [3.63, 3.8) is 0 Å². The number of rotatable bonds is 2. The maximum atomic E-state index is 13.4. The summed E-state index contributed by atoms with van der Waals surface area (Å²) in [5, 5.41) is 0.888. The van der Waals surface area contributed by atoms with E-state index in [1.54, 1.807) is 4.57 Å². The largest absolute Gasteiger partial charge is 0.448 e. The Hall–Kier alpha value is -3.08. The third kappa shape index (κ3) is 2.62. The smallest absolute Gasteiger partial charge is 0.303 e. The summed E-state index contributed by atoms with van der Waals surface area (Å²) in [7, 11) is 0. The Morgan fingerprint density at radius 3 is 2.48 bits per heavy atom. The zero-order valence-electron chi connectivity index (χ0n) is 15.3. The number of nitrogens with zero attached hydrogens (tertiary/aromatic N) is 3. The van der Waals surface area contributed by atoms with E-state index >= 15 is 0 Å². The van der Waals surface area contributed by atoms with Gasteiger partial charge in [0.15, 0.2) is 0 Å². The first kappa shape index (κ1) is 16.1. The maximum Gasteiger partial charge on any atom is 0.303 e. The molecule has 1 fully saturated rings. The van der Waals surface area contributed by atoms with Crippen molar-refractivity contribution in [3.8, 4) is 5.69 Å². The summed E-state index contributed by atoms with van der Waals surface area (Å²) in [6.45, 7) is 3.87. The van der Waals surface area contributed by atoms with Gasteiger partial charge in [0.05, 0.1) is 5.69 Å². The van der Waals surface area contributed by atoms with Gasteiger partial charge in [0.2, 0.25) is 11.5 Å². The maximum absolute atomic E-state index is 13.4. The van der Waals surface area contributed by atoms with Gasteiger partial charge in [-0.2, -0.15) is 0 Å². The van der Waals surface area contributed by atoms with Gasteiger partial charge in [-0.05, 0) is 50.5 Å². The van der Waals surface area contributed by atoms with Gasteiger partial charge in [-0.25, -0.2) is 9.55 Å². The summed E-state index contributed by atoms with van der Waals surface area (Å²) < 4.78 is 7.60. The van der Waals surface area contributed by atoms with E-state index < -0.39 is 0 Å². The van der Waals surface area contributed by atoms with Crippen LogP contribution in [0.15, 0.2) is 57.7 Å². The van der Waals surface area contributed by atoms with Gasteiger partial charge in [-0.1, -0.05) is 29.8 Å². The minimum Gasteiger partial charge on any atom is -0.448 e. The number of hydrogen-bond donors (Lipinski definition) is 0. The molecular weight excluding hydrogens is 338 g/mol. The van der Waals surface area contributed by atoms with Gasteiger partial charge in [0, 0.05) is 18.5 Å². The van der Waals surface area contributed by atoms with Crippen LogP contribution in [0.25, 0.3) is 27.8 Å². The molecule has 5 nitrogen and oxygen atoms in total. The molecule has 0 N–H and O–H groups in total. The molecule has 136 valence electrons. The quantitative estimate of drug-likeness (QED) is 0.531. The molecule has 2 aromatic heterocycles. The van der Waals surface area contributed by atoms with Crippen LogP contribution in [0.2, 0.25) is 0 Å². The highest BCUT2D eigenvalue weighted by molar-refractivity contribution is 6.02. The molecule has 0 bridgehead atoms. The Bertz CT molecular complexity index is 1180. The number of hydrogen-bond acceptors (Lipinski definition) is 4. The van der Waals surface area contributed by atoms with Crippen molar-refractivity contribution in [1.82, 2.24) is 9.55 Å². The lowest BCUT2D eigenvalue weighted by atomic mass is 10.1. The number of para-hydroxylation sites is 1. The molecule has 0 amide bonds. The molecule has 5 rings (SSSR count). The number of furan rings is 1. The number of aryl methyl sites for hydroxylation is 1. The van der Waals surface area contributed by atoms with Crippen LogP contribution in [-0.4, -0.2) is 22.6 Å². The van der Waals surface area contributed by atoms with E-state index in [9.17, 15) is 4.79 Å². The third-order valence-electron chi connectivity index (χ3n) is 5.31. The number of fused-ring (bicyclic) bond motifs is 3. The number of piperidine rings is 1. The Kier molecular flexibility index (Phi) is 3.74. The van der Waals surface area contributed by atoms with Gasteiger partial charge in [-0.3, -0.25) is 4.79 Å². The fourth-order valence-electron chi connectivity index (χ4n) is 3.86. The minimum atomic E-state index is -0.152. The van der Waals surface area contributed by atoms with Crippen molar-refractivity contribution in [2.75, 3.05) is 18.0 Å². The molecule has 0 unspecified atom stereocenters. The van der Waals surface area contributed by atoms with E-state index in [0.717, 1.165) is 42.6 Å². The van der Waals surface area contributed by atoms with Gasteiger partial charge in [-0.15, -0.1) is 0 Å². The van der Waals surface area contributed by atoms with Crippen LogP contribution in [0, 0.1) is 6.92 Å². The molecule has 1 aliphatic rings. The molecule has 4 aromatic rings. The second kappa shape index (κ2) is 6.27. The summed E-state index contributed by atoms with van der Waals surface area (Å²) in [6, 6.07) is 15.7. The fourth-order valence-corrected chi connectivity index (χ4v) is 3.86. The second-order valence-corrected chi connectivity index (χ2v) is 7.21. The molecule has 2 aromatic carbocycles. The lowest BCUT2D eigenvalue weighted by Gasteiger charge is -2.29. The van der Waals surface area contributed by atoms with Crippen LogP contribution < -0.4 is 10.5 Å². The standard InChI is InChI=1S/C22H21N3O2/c1-15-9-11-16(12-10-15)25-21(26)20-19(17-7-3-4-8-18(17)27-20)23-22(25)24-13-5-2-6-14-24/h3-4,7-12H,2,5-6,13-14H2,1H3. The molecule has 1 aliphatic heterocycles. The molecule has 0 atom stereocenters. The molecule has 0 radical (unpaired) electrons. The lowest BCUT2D eigenvalue weighted by molar-refractivity contribution is 0.562. The van der Waals surface area contributed by atoms with Crippen LogP contribution in [0.5, 0.6) is 0 Å².